The Kier molecular flexibility index (Phi) is 9.16. The number of amides is 2. The first-order valence-electron chi connectivity index (χ1n) is 11.4. The zero-order chi connectivity index (χ0) is 28.4. The Morgan fingerprint density at radius 3 is 2.53 bits per heavy atom. The van der Waals surface area contributed by atoms with Crippen LogP contribution in [-0.2, 0) is 32.7 Å². The maximum absolute atomic E-state index is 12.6. The summed E-state index contributed by atoms with van der Waals surface area (Å²) in [4.78, 5) is 48.0. The van der Waals surface area contributed by atoms with Gasteiger partial charge in [-0.3, -0.25) is 24.2 Å². The minimum atomic E-state index is -4.88. The van der Waals surface area contributed by atoms with Gasteiger partial charge in [0.1, 0.15) is 37.1 Å². The third-order valence-electron chi connectivity index (χ3n) is 6.47. The predicted octanol–water partition coefficient (Wildman–Crippen LogP) is -3.71. The second kappa shape index (κ2) is 11.6. The molecule has 0 aromatic rings. The van der Waals surface area contributed by atoms with Gasteiger partial charge in [0.25, 0.3) is 0 Å². The number of hydrogen-bond donors (Lipinski definition) is 5. The summed E-state index contributed by atoms with van der Waals surface area (Å²) in [5.74, 6) is -1.71. The SMILES string of the molecule is C[C@@]1(C(=O)[O-])C/C(C=O)=C/N(C(=N)[O-])[C@H]2C[C@H](O)[C@@H](COP(=O)(O)O[C@H]3C[C@@H](O[C@@H]3CO)N(C(N)=O)C1)O2. The Labute approximate surface area is 216 Å². The Bertz CT molecular complexity index is 1030. The van der Waals surface area contributed by atoms with Crippen LogP contribution in [0.2, 0.25) is 0 Å². The summed E-state index contributed by atoms with van der Waals surface area (Å²) in [5, 5.41) is 51.8. The number of carboxylic acid groups (broad SMARTS) is 1. The molecule has 6 N–H and O–H groups in total. The number of aliphatic hydroxyl groups excluding tert-OH is 2. The molecule has 2 fully saturated rings. The molecule has 0 aromatic heterocycles. The van der Waals surface area contributed by atoms with Gasteiger partial charge in [-0.2, -0.15) is 0 Å². The first-order chi connectivity index (χ1) is 17.7. The summed E-state index contributed by atoms with van der Waals surface area (Å²) in [6.07, 6.45) is -7.85. The molecule has 3 heterocycles. The average Bonchev–Trinajstić information content (AvgIpc) is 3.39. The lowest BCUT2D eigenvalue weighted by Crippen LogP contribution is -2.54. The molecule has 214 valence electrons. The van der Waals surface area contributed by atoms with E-state index >= 15 is 0 Å². The summed E-state index contributed by atoms with van der Waals surface area (Å²) in [6, 6.07) is -2.52. The molecule has 38 heavy (non-hydrogen) atoms. The van der Waals surface area contributed by atoms with Crippen LogP contribution in [0.5, 0.6) is 0 Å². The number of aliphatic hydroxyl groups is 2. The maximum Gasteiger partial charge on any atom is 0.472 e. The van der Waals surface area contributed by atoms with Crippen LogP contribution in [0, 0.1) is 10.8 Å². The van der Waals surface area contributed by atoms with Gasteiger partial charge in [0.2, 0.25) is 0 Å². The van der Waals surface area contributed by atoms with Crippen molar-refractivity contribution in [3.63, 3.8) is 0 Å². The number of allylic oxidation sites excluding steroid dienone is 1. The fourth-order valence-corrected chi connectivity index (χ4v) is 5.44. The lowest BCUT2D eigenvalue weighted by atomic mass is 9.83. The van der Waals surface area contributed by atoms with E-state index in [1.807, 2.05) is 0 Å². The van der Waals surface area contributed by atoms with Gasteiger partial charge in [-0.15, -0.1) is 0 Å². The largest absolute Gasteiger partial charge is 0.846 e. The van der Waals surface area contributed by atoms with Crippen molar-refractivity contribution in [2.24, 2.45) is 11.1 Å². The van der Waals surface area contributed by atoms with Crippen LogP contribution in [0.4, 0.5) is 4.79 Å². The summed E-state index contributed by atoms with van der Waals surface area (Å²) in [5.41, 5.74) is 3.16. The van der Waals surface area contributed by atoms with Crippen LogP contribution in [0.15, 0.2) is 11.8 Å². The van der Waals surface area contributed by atoms with Crippen molar-refractivity contribution < 1.29 is 62.8 Å². The molecule has 0 radical (unpaired) electrons. The molecule has 2 amide bonds. The Balaban J connectivity index is 2.06. The van der Waals surface area contributed by atoms with Crippen LogP contribution in [0.1, 0.15) is 26.2 Å². The number of nitrogens with zero attached hydrogens (tertiary/aromatic N) is 2. The number of carbonyl (C=O) groups excluding carboxylic acids is 3. The number of nitrogens with two attached hydrogens (primary N) is 1. The molecular formula is C20H29N4O13P-2. The maximum atomic E-state index is 12.6. The lowest BCUT2D eigenvalue weighted by Gasteiger charge is -2.38. The van der Waals surface area contributed by atoms with Gasteiger partial charge in [0, 0.05) is 42.5 Å². The molecule has 17 nitrogen and oxygen atoms in total. The number of carbonyl (C=O) groups is 3. The second-order valence-electron chi connectivity index (χ2n) is 9.41. The number of fused-ring (bicyclic) bond motifs is 4. The van der Waals surface area contributed by atoms with Crippen molar-refractivity contribution in [2.45, 2.75) is 63.1 Å². The highest BCUT2D eigenvalue weighted by Crippen LogP contribution is 2.48. The van der Waals surface area contributed by atoms with Crippen LogP contribution in [0.3, 0.4) is 0 Å². The Hall–Kier alpha value is -2.63. The molecule has 18 heteroatoms. The van der Waals surface area contributed by atoms with Crippen molar-refractivity contribution in [1.29, 1.82) is 5.41 Å². The van der Waals surface area contributed by atoms with E-state index < -0.39 is 94.3 Å². The van der Waals surface area contributed by atoms with Crippen LogP contribution >= 0.6 is 7.82 Å². The van der Waals surface area contributed by atoms with Crippen molar-refractivity contribution in [3.05, 3.63) is 11.8 Å². The van der Waals surface area contributed by atoms with Gasteiger partial charge in [0.05, 0.1) is 25.3 Å². The van der Waals surface area contributed by atoms with E-state index in [2.05, 4.69) is 0 Å². The monoisotopic (exact) mass is 564 g/mol. The molecule has 0 aliphatic carbocycles. The van der Waals surface area contributed by atoms with Crippen LogP contribution in [0.25, 0.3) is 0 Å². The molecule has 8 atom stereocenters. The molecule has 2 saturated heterocycles. The van der Waals surface area contributed by atoms with Crippen LogP contribution in [-0.4, -0.2) is 106 Å². The Morgan fingerprint density at radius 1 is 1.29 bits per heavy atom. The van der Waals surface area contributed by atoms with Gasteiger partial charge in [-0.25, -0.2) is 9.36 Å². The minimum Gasteiger partial charge on any atom is -0.846 e. The number of phosphoric ester groups is 1. The molecule has 3 rings (SSSR count). The second-order valence-corrected chi connectivity index (χ2v) is 10.8. The number of aliphatic carboxylic acids is 1. The number of aldehydes is 1. The third-order valence-corrected chi connectivity index (χ3v) is 7.49. The molecular weight excluding hydrogens is 535 g/mol. The molecule has 0 spiro atoms. The zero-order valence-corrected chi connectivity index (χ0v) is 21.1. The standard InChI is InChI=1S/C20H31N4O13P/c1-20(17(28)29)4-10(6-25)5-23(18(21)30)15-2-11(27)14(36-15)8-34-38(32,33)37-12-3-16(35-13(12)7-26)24(9-20)19(22)31/h5-6,11-16,26-27H,2-4,7-9H2,1H3,(H2,21,30)(H2,22,31)(H,28,29)(H,32,33)/p-2/b10-5-/t11-,12-,13+,14+,15+,16+,20+/m0/s1. The first-order valence-corrected chi connectivity index (χ1v) is 12.9. The first kappa shape index (κ1) is 29.9. The predicted molar refractivity (Wildman–Crippen MR) is 118 cm³/mol. The van der Waals surface area contributed by atoms with E-state index in [9.17, 15) is 44.3 Å². The molecule has 4 bridgehead atoms. The fraction of sp³-hybridized carbons (Fsp3) is 0.700. The zero-order valence-electron chi connectivity index (χ0n) is 20.2. The van der Waals surface area contributed by atoms with E-state index in [1.165, 1.54) is 0 Å². The summed E-state index contributed by atoms with van der Waals surface area (Å²) in [6.45, 7) is -0.946. The van der Waals surface area contributed by atoms with E-state index in [0.717, 1.165) is 18.0 Å². The molecule has 1 unspecified atom stereocenters. The quantitative estimate of drug-likeness (QED) is 0.0955. The Morgan fingerprint density at radius 2 is 1.97 bits per heavy atom. The molecule has 3 aliphatic rings. The van der Waals surface area contributed by atoms with Crippen molar-refractivity contribution >= 4 is 32.1 Å². The number of nitrogens with one attached hydrogen (secondary N) is 1. The number of hydrogen-bond acceptors (Lipinski definition) is 13. The number of ether oxygens (including phenoxy) is 2. The number of carboxylic acids is 1. The van der Waals surface area contributed by atoms with Gasteiger partial charge in [-0.1, -0.05) is 6.92 Å². The molecule has 0 aromatic carbocycles. The van der Waals surface area contributed by atoms with E-state index in [1.54, 1.807) is 0 Å². The van der Waals surface area contributed by atoms with Crippen molar-refractivity contribution in [3.8, 4) is 0 Å². The number of primary amides is 1. The van der Waals surface area contributed by atoms with Gasteiger partial charge >= 0.3 is 13.9 Å². The number of phosphoric acid groups is 1. The van der Waals surface area contributed by atoms with Gasteiger partial charge in [0.15, 0.2) is 0 Å². The van der Waals surface area contributed by atoms with Crippen molar-refractivity contribution in [2.75, 3.05) is 19.8 Å². The van der Waals surface area contributed by atoms with Gasteiger partial charge in [-0.05, 0) is 6.42 Å². The number of rotatable bonds is 3. The minimum absolute atomic E-state index is 0.242. The van der Waals surface area contributed by atoms with Gasteiger partial charge < -0.3 is 50.2 Å². The summed E-state index contributed by atoms with van der Waals surface area (Å²) in [7, 11) is -4.88. The highest BCUT2D eigenvalue weighted by molar-refractivity contribution is 7.47. The van der Waals surface area contributed by atoms with Crippen molar-refractivity contribution in [1.82, 2.24) is 9.80 Å². The summed E-state index contributed by atoms with van der Waals surface area (Å²) >= 11 is 0. The van der Waals surface area contributed by atoms with Crippen LogP contribution < -0.4 is 15.9 Å². The number of amidine groups is 1. The van der Waals surface area contributed by atoms with E-state index in [4.69, 9.17) is 29.7 Å². The summed E-state index contributed by atoms with van der Waals surface area (Å²) < 4.78 is 33.7. The smallest absolute Gasteiger partial charge is 0.472 e. The molecule has 0 saturated carbocycles. The highest BCUT2D eigenvalue weighted by atomic mass is 31.2. The average molecular weight is 564 g/mol. The normalized spacial score (nSPS) is 40.2. The highest BCUT2D eigenvalue weighted by Gasteiger charge is 2.46. The molecule has 3 aliphatic heterocycles. The lowest BCUT2D eigenvalue weighted by molar-refractivity contribution is -0.319. The third kappa shape index (κ3) is 6.68. The number of urea groups is 1. The van der Waals surface area contributed by atoms with E-state index in [-0.39, 0.29) is 24.7 Å². The van der Waals surface area contributed by atoms with E-state index in [0.29, 0.717) is 4.90 Å². The topological polar surface area (TPSA) is 268 Å². The fourth-order valence-electron chi connectivity index (χ4n) is 4.48.